The second-order valence-electron chi connectivity index (χ2n) is 7.40. The predicted octanol–water partition coefficient (Wildman–Crippen LogP) is 4.57. The first-order valence-corrected chi connectivity index (χ1v) is 10.4. The molecule has 1 saturated heterocycles. The van der Waals surface area contributed by atoms with Crippen molar-refractivity contribution in [2.24, 2.45) is 0 Å². The highest BCUT2D eigenvalue weighted by atomic mass is 35.5. The molecule has 3 aromatic rings. The Morgan fingerprint density at radius 2 is 1.81 bits per heavy atom. The van der Waals surface area contributed by atoms with Gasteiger partial charge in [-0.2, -0.15) is 0 Å². The molecule has 1 unspecified atom stereocenters. The second-order valence-corrected chi connectivity index (χ2v) is 7.81. The lowest BCUT2D eigenvalue weighted by Gasteiger charge is -2.26. The number of methoxy groups -OCH3 is 2. The maximum absolute atomic E-state index is 13.1. The Bertz CT molecular complexity index is 1230. The first kappa shape index (κ1) is 21.9. The summed E-state index contributed by atoms with van der Waals surface area (Å²) in [5, 5.41) is 13.4. The highest BCUT2D eigenvalue weighted by molar-refractivity contribution is 6.46. The van der Waals surface area contributed by atoms with Gasteiger partial charge in [0.2, 0.25) is 0 Å². The molecule has 1 N–H and O–H groups in total. The third kappa shape index (κ3) is 3.72. The molecule has 1 aliphatic rings. The molecule has 6 nitrogen and oxygen atoms in total. The molecule has 3 aromatic carbocycles. The van der Waals surface area contributed by atoms with Crippen LogP contribution in [0.5, 0.6) is 5.75 Å². The lowest BCUT2D eigenvalue weighted by Crippen LogP contribution is -2.32. The van der Waals surface area contributed by atoms with E-state index in [-0.39, 0.29) is 24.5 Å². The highest BCUT2D eigenvalue weighted by Crippen LogP contribution is 2.42. The summed E-state index contributed by atoms with van der Waals surface area (Å²) in [5.41, 5.74) is 1.11. The number of carbonyl (C=O) groups excluding carboxylic acids is 2. The monoisotopic (exact) mass is 451 g/mol. The van der Waals surface area contributed by atoms with Crippen LogP contribution < -0.4 is 4.74 Å². The number of ketones is 1. The van der Waals surface area contributed by atoms with Crippen molar-refractivity contribution in [3.8, 4) is 5.75 Å². The van der Waals surface area contributed by atoms with Crippen molar-refractivity contribution in [1.82, 2.24) is 4.90 Å². The Kier molecular flexibility index (Phi) is 6.17. The zero-order valence-electron chi connectivity index (χ0n) is 17.7. The van der Waals surface area contributed by atoms with Crippen molar-refractivity contribution in [3.63, 3.8) is 0 Å². The highest BCUT2D eigenvalue weighted by Gasteiger charge is 2.46. The minimum absolute atomic E-state index is 0.0202. The van der Waals surface area contributed by atoms with Crippen LogP contribution in [0, 0.1) is 0 Å². The molecule has 4 rings (SSSR count). The number of hydrogen-bond acceptors (Lipinski definition) is 5. The summed E-state index contributed by atoms with van der Waals surface area (Å²) < 4.78 is 10.4. The number of aliphatic hydroxyl groups is 1. The van der Waals surface area contributed by atoms with Gasteiger partial charge in [0.1, 0.15) is 11.5 Å². The number of halogens is 1. The molecule has 1 heterocycles. The number of Topliss-reactive ketones (excluding diaryl/α,β-unsaturated/α-hetero) is 1. The van der Waals surface area contributed by atoms with E-state index in [4.69, 9.17) is 21.1 Å². The number of nitrogens with zero attached hydrogens (tertiary/aromatic N) is 1. The molecule has 1 atom stereocenters. The molecule has 0 radical (unpaired) electrons. The Morgan fingerprint density at radius 1 is 1.06 bits per heavy atom. The minimum Gasteiger partial charge on any atom is -0.507 e. The van der Waals surface area contributed by atoms with Gasteiger partial charge < -0.3 is 19.5 Å². The number of fused-ring (bicyclic) bond motifs is 1. The lowest BCUT2D eigenvalue weighted by atomic mass is 9.91. The number of aliphatic hydroxyl groups excluding tert-OH is 1. The molecule has 0 aromatic heterocycles. The zero-order valence-corrected chi connectivity index (χ0v) is 18.4. The molecule has 0 bridgehead atoms. The predicted molar refractivity (Wildman–Crippen MR) is 123 cm³/mol. The largest absolute Gasteiger partial charge is 0.507 e. The summed E-state index contributed by atoms with van der Waals surface area (Å²) in [4.78, 5) is 27.6. The molecule has 1 aliphatic heterocycles. The van der Waals surface area contributed by atoms with Crippen LogP contribution in [0.2, 0.25) is 5.02 Å². The van der Waals surface area contributed by atoms with E-state index in [1.165, 1.54) is 19.1 Å². The zero-order chi connectivity index (χ0) is 22.8. The summed E-state index contributed by atoms with van der Waals surface area (Å²) in [6, 6.07) is 17.4. The van der Waals surface area contributed by atoms with Crippen LogP contribution in [-0.4, -0.2) is 49.1 Å². The van der Waals surface area contributed by atoms with Gasteiger partial charge >= 0.3 is 0 Å². The topological polar surface area (TPSA) is 76.1 Å². The van der Waals surface area contributed by atoms with Gasteiger partial charge in [-0.3, -0.25) is 9.59 Å². The third-order valence-corrected chi connectivity index (χ3v) is 5.93. The number of likely N-dealkylation sites (tertiary alicyclic amines) is 1. The molecule has 32 heavy (non-hydrogen) atoms. The van der Waals surface area contributed by atoms with Gasteiger partial charge in [-0.25, -0.2) is 0 Å². The Balaban J connectivity index is 1.96. The smallest absolute Gasteiger partial charge is 0.295 e. The molecule has 7 heteroatoms. The number of rotatable bonds is 6. The molecular formula is C25H22ClNO5. The average Bonchev–Trinajstić information content (AvgIpc) is 3.06. The van der Waals surface area contributed by atoms with E-state index in [1.807, 2.05) is 42.5 Å². The van der Waals surface area contributed by atoms with Gasteiger partial charge in [0.05, 0.1) is 30.4 Å². The van der Waals surface area contributed by atoms with Gasteiger partial charge in [0.25, 0.3) is 11.7 Å². The van der Waals surface area contributed by atoms with Crippen molar-refractivity contribution in [1.29, 1.82) is 0 Å². The summed E-state index contributed by atoms with van der Waals surface area (Å²) in [7, 11) is 2.99. The number of amides is 1. The van der Waals surface area contributed by atoms with E-state index < -0.39 is 17.7 Å². The van der Waals surface area contributed by atoms with Gasteiger partial charge in [0.15, 0.2) is 0 Å². The van der Waals surface area contributed by atoms with E-state index in [2.05, 4.69) is 0 Å². The van der Waals surface area contributed by atoms with Crippen LogP contribution in [0.4, 0.5) is 0 Å². The fourth-order valence-corrected chi connectivity index (χ4v) is 4.27. The molecule has 0 spiro atoms. The van der Waals surface area contributed by atoms with E-state index >= 15 is 0 Å². The quantitative estimate of drug-likeness (QED) is 0.337. The van der Waals surface area contributed by atoms with E-state index in [0.29, 0.717) is 16.3 Å². The maximum atomic E-state index is 13.1. The van der Waals surface area contributed by atoms with Crippen molar-refractivity contribution in [2.45, 2.75) is 6.04 Å². The third-order valence-electron chi connectivity index (χ3n) is 5.62. The molecule has 164 valence electrons. The van der Waals surface area contributed by atoms with Crippen LogP contribution in [0.15, 0.2) is 66.2 Å². The summed E-state index contributed by atoms with van der Waals surface area (Å²) in [6.45, 7) is 0.457. The summed E-state index contributed by atoms with van der Waals surface area (Å²) in [6.07, 6.45) is 0. The second kappa shape index (κ2) is 9.02. The molecular weight excluding hydrogens is 430 g/mol. The fourth-order valence-electron chi connectivity index (χ4n) is 4.08. The SMILES string of the molecule is COCCN1C(=O)C(=O)/C(=C(\O)c2ccc(Cl)c(OC)c2)C1c1cccc2ccccc12. The van der Waals surface area contributed by atoms with Gasteiger partial charge in [-0.15, -0.1) is 0 Å². The summed E-state index contributed by atoms with van der Waals surface area (Å²) >= 11 is 6.12. The van der Waals surface area contributed by atoms with Crippen LogP contribution in [0.1, 0.15) is 17.2 Å². The molecule has 1 amide bonds. The maximum Gasteiger partial charge on any atom is 0.295 e. The number of hydrogen-bond donors (Lipinski definition) is 1. The first-order valence-electron chi connectivity index (χ1n) is 10.1. The van der Waals surface area contributed by atoms with Crippen molar-refractivity contribution < 1.29 is 24.2 Å². The standard InChI is InChI=1S/C25H22ClNO5/c1-31-13-12-27-22(18-9-5-7-15-6-3-4-8-17(15)18)21(24(29)25(27)30)23(28)16-10-11-19(26)20(14-16)32-2/h3-11,14,22,28H,12-13H2,1-2H3/b23-21-. The normalized spacial score (nSPS) is 17.8. The van der Waals surface area contributed by atoms with Crippen molar-refractivity contribution >= 4 is 39.8 Å². The number of carbonyl (C=O) groups is 2. The van der Waals surface area contributed by atoms with E-state index in [9.17, 15) is 14.7 Å². The Hall–Kier alpha value is -3.35. The van der Waals surface area contributed by atoms with Crippen molar-refractivity contribution in [3.05, 3.63) is 82.4 Å². The van der Waals surface area contributed by atoms with Crippen LogP contribution in [0.25, 0.3) is 16.5 Å². The average molecular weight is 452 g/mol. The van der Waals surface area contributed by atoms with Gasteiger partial charge in [0, 0.05) is 19.2 Å². The van der Waals surface area contributed by atoms with Crippen molar-refractivity contribution in [2.75, 3.05) is 27.4 Å². The minimum atomic E-state index is -0.766. The number of ether oxygens (including phenoxy) is 2. The first-order chi connectivity index (χ1) is 15.5. The Labute approximate surface area is 190 Å². The molecule has 1 fully saturated rings. The Morgan fingerprint density at radius 3 is 2.56 bits per heavy atom. The fraction of sp³-hybridized carbons (Fsp3) is 0.200. The van der Waals surface area contributed by atoms with E-state index in [1.54, 1.807) is 18.2 Å². The van der Waals surface area contributed by atoms with E-state index in [0.717, 1.165) is 16.3 Å². The van der Waals surface area contributed by atoms with Crippen LogP contribution in [-0.2, 0) is 14.3 Å². The van der Waals surface area contributed by atoms with Gasteiger partial charge in [-0.05, 0) is 34.5 Å². The van der Waals surface area contributed by atoms with Crippen LogP contribution in [0.3, 0.4) is 0 Å². The van der Waals surface area contributed by atoms with Crippen LogP contribution >= 0.6 is 11.6 Å². The molecule has 0 saturated carbocycles. The summed E-state index contributed by atoms with van der Waals surface area (Å²) in [5.74, 6) is -1.35. The lowest BCUT2D eigenvalue weighted by molar-refractivity contribution is -0.140. The molecule has 0 aliphatic carbocycles. The van der Waals surface area contributed by atoms with Gasteiger partial charge in [-0.1, -0.05) is 54.1 Å². The number of benzene rings is 3.